The first-order valence-electron chi connectivity index (χ1n) is 14.1. The van der Waals surface area contributed by atoms with E-state index in [1.165, 1.54) is 29.6 Å². The molecule has 5 atom stereocenters. The average molecular weight is 659 g/mol. The smallest absolute Gasteiger partial charge is 0.303 e. The first-order valence-corrected chi connectivity index (χ1v) is 15.6. The van der Waals surface area contributed by atoms with Crippen molar-refractivity contribution in [2.45, 2.75) is 76.7 Å². The van der Waals surface area contributed by atoms with Gasteiger partial charge in [0.1, 0.15) is 18.4 Å². The summed E-state index contributed by atoms with van der Waals surface area (Å²) in [5, 5.41) is 8.27. The Bertz CT molecular complexity index is 1660. The fraction of sp³-hybridized carbons (Fsp3) is 0.400. The third-order valence-electron chi connectivity index (χ3n) is 6.74. The summed E-state index contributed by atoms with van der Waals surface area (Å²) in [5.41, 5.74) is 1.47. The number of anilines is 1. The van der Waals surface area contributed by atoms with Crippen molar-refractivity contribution in [3.05, 3.63) is 72.1 Å². The van der Waals surface area contributed by atoms with Crippen LogP contribution in [0.2, 0.25) is 0 Å². The highest BCUT2D eigenvalue weighted by molar-refractivity contribution is 7.92. The SMILES string of the molecule is CC(=O)OC[C@H]1O[C@@H](n2cc(CN(c3ccc(C)cc3)S(=O)(=O)c3ccccc3)nn2)[C@H](OC(C)=O)[C@@H](OC(C)=O)[C@@H]1OC(C)=O. The Kier molecular flexibility index (Phi) is 10.7. The molecule has 0 radical (unpaired) electrons. The van der Waals surface area contributed by atoms with E-state index in [0.717, 1.165) is 31.0 Å². The maximum atomic E-state index is 13.8. The Morgan fingerprint density at radius 2 is 1.41 bits per heavy atom. The molecule has 0 unspecified atom stereocenters. The van der Waals surface area contributed by atoms with E-state index in [-0.39, 0.29) is 17.1 Å². The Labute approximate surface area is 265 Å². The maximum absolute atomic E-state index is 13.8. The molecule has 1 saturated heterocycles. The highest BCUT2D eigenvalue weighted by Crippen LogP contribution is 2.35. The summed E-state index contributed by atoms with van der Waals surface area (Å²) < 4.78 is 57.6. The van der Waals surface area contributed by atoms with Crippen LogP contribution in [0.1, 0.15) is 45.2 Å². The van der Waals surface area contributed by atoms with E-state index in [1.807, 2.05) is 6.92 Å². The van der Waals surface area contributed by atoms with E-state index < -0.39 is 71.2 Å². The lowest BCUT2D eigenvalue weighted by Gasteiger charge is -2.44. The van der Waals surface area contributed by atoms with Gasteiger partial charge in [0.05, 0.1) is 23.3 Å². The van der Waals surface area contributed by atoms with Crippen LogP contribution in [-0.2, 0) is 59.4 Å². The lowest BCUT2D eigenvalue weighted by molar-refractivity contribution is -0.270. The molecule has 0 spiro atoms. The Hall–Kier alpha value is -4.83. The highest BCUT2D eigenvalue weighted by atomic mass is 32.2. The molecule has 1 aromatic heterocycles. The van der Waals surface area contributed by atoms with Crippen LogP contribution in [0.4, 0.5) is 5.69 Å². The van der Waals surface area contributed by atoms with Crippen LogP contribution in [0, 0.1) is 6.92 Å². The second-order valence-corrected chi connectivity index (χ2v) is 12.3. The number of rotatable bonds is 11. The molecule has 0 saturated carbocycles. The molecule has 3 aromatic rings. The van der Waals surface area contributed by atoms with Gasteiger partial charge in [-0.05, 0) is 31.2 Å². The molecule has 2 heterocycles. The molecule has 0 amide bonds. The number of carbonyl (C=O) groups is 4. The zero-order valence-corrected chi connectivity index (χ0v) is 26.6. The van der Waals surface area contributed by atoms with Gasteiger partial charge in [-0.25, -0.2) is 13.1 Å². The van der Waals surface area contributed by atoms with Crippen molar-refractivity contribution in [1.29, 1.82) is 0 Å². The number of hydrogen-bond acceptors (Lipinski definition) is 13. The third-order valence-corrected chi connectivity index (χ3v) is 8.53. The van der Waals surface area contributed by atoms with Crippen LogP contribution in [0.3, 0.4) is 0 Å². The zero-order chi connectivity index (χ0) is 33.6. The first kappa shape index (κ1) is 34.1. The molecule has 0 aliphatic carbocycles. The second kappa shape index (κ2) is 14.5. The normalized spacial score (nSPS) is 21.1. The molecule has 46 heavy (non-hydrogen) atoms. The summed E-state index contributed by atoms with van der Waals surface area (Å²) in [6.07, 6.45) is -5.36. The van der Waals surface area contributed by atoms with Gasteiger partial charge in [0.2, 0.25) is 0 Å². The number of benzene rings is 2. The van der Waals surface area contributed by atoms with E-state index in [1.54, 1.807) is 42.5 Å². The molecular weight excluding hydrogens is 624 g/mol. The fourth-order valence-electron chi connectivity index (χ4n) is 4.82. The predicted octanol–water partition coefficient (Wildman–Crippen LogP) is 2.24. The number of aromatic nitrogens is 3. The topological polar surface area (TPSA) is 183 Å². The van der Waals surface area contributed by atoms with Crippen molar-refractivity contribution in [3.8, 4) is 0 Å². The minimum atomic E-state index is -4.07. The minimum absolute atomic E-state index is 0.0579. The van der Waals surface area contributed by atoms with Crippen molar-refractivity contribution in [2.24, 2.45) is 0 Å². The molecule has 246 valence electrons. The van der Waals surface area contributed by atoms with Crippen molar-refractivity contribution < 1.29 is 51.3 Å². The maximum Gasteiger partial charge on any atom is 0.303 e. The summed E-state index contributed by atoms with van der Waals surface area (Å²) >= 11 is 0. The summed E-state index contributed by atoms with van der Waals surface area (Å²) in [7, 11) is -4.07. The molecule has 16 heteroatoms. The number of aryl methyl sites for hydroxylation is 1. The molecule has 0 N–H and O–H groups in total. The van der Waals surface area contributed by atoms with Crippen LogP contribution in [-0.4, -0.2) is 78.3 Å². The lowest BCUT2D eigenvalue weighted by atomic mass is 9.97. The van der Waals surface area contributed by atoms with Crippen molar-refractivity contribution in [2.75, 3.05) is 10.9 Å². The van der Waals surface area contributed by atoms with E-state index in [9.17, 15) is 27.6 Å². The molecule has 1 aliphatic rings. The monoisotopic (exact) mass is 658 g/mol. The van der Waals surface area contributed by atoms with Crippen LogP contribution in [0.15, 0.2) is 65.7 Å². The number of nitrogens with zero attached hydrogens (tertiary/aromatic N) is 4. The fourth-order valence-corrected chi connectivity index (χ4v) is 6.28. The average Bonchev–Trinajstić information content (AvgIpc) is 3.46. The molecule has 2 aromatic carbocycles. The Balaban J connectivity index is 1.74. The molecule has 15 nitrogen and oxygen atoms in total. The number of hydrogen-bond donors (Lipinski definition) is 0. The molecule has 1 fully saturated rings. The lowest BCUT2D eigenvalue weighted by Crippen LogP contribution is -2.60. The van der Waals surface area contributed by atoms with E-state index in [2.05, 4.69) is 10.3 Å². The Morgan fingerprint density at radius 3 is 2.00 bits per heavy atom. The van der Waals surface area contributed by atoms with Crippen LogP contribution in [0.25, 0.3) is 0 Å². The standard InChI is InChI=1S/C30H34N4O11S/c1-18-11-13-24(14-12-18)34(46(39,40)25-9-7-6-8-10-25)16-23-15-33(32-31-23)30-29(44-22(5)38)28(43-21(4)37)27(42-20(3)36)26(45-30)17-41-19(2)35/h6-15,26-30H,16-17H2,1-5H3/t26-,27-,28+,29-,30-/m1/s1. The summed E-state index contributed by atoms with van der Waals surface area (Å²) in [6, 6.07) is 14.8. The number of ether oxygens (including phenoxy) is 5. The third kappa shape index (κ3) is 8.25. The molecule has 1 aliphatic heterocycles. The zero-order valence-electron chi connectivity index (χ0n) is 25.8. The van der Waals surface area contributed by atoms with Gasteiger partial charge in [0.25, 0.3) is 10.0 Å². The summed E-state index contributed by atoms with van der Waals surface area (Å²) in [5.74, 6) is -3.00. The van der Waals surface area contributed by atoms with Gasteiger partial charge >= 0.3 is 23.9 Å². The van der Waals surface area contributed by atoms with E-state index in [0.29, 0.717) is 5.69 Å². The van der Waals surface area contributed by atoms with Gasteiger partial charge in [-0.15, -0.1) is 5.10 Å². The van der Waals surface area contributed by atoms with Gasteiger partial charge in [0.15, 0.2) is 24.5 Å². The first-order chi connectivity index (χ1) is 21.8. The number of carbonyl (C=O) groups excluding carboxylic acids is 4. The molecule has 4 rings (SSSR count). The number of sulfonamides is 1. The van der Waals surface area contributed by atoms with Gasteiger partial charge in [-0.2, -0.15) is 0 Å². The summed E-state index contributed by atoms with van der Waals surface area (Å²) in [4.78, 5) is 48.1. The quantitative estimate of drug-likeness (QED) is 0.216. The van der Waals surface area contributed by atoms with Crippen molar-refractivity contribution >= 4 is 39.6 Å². The molecular formula is C30H34N4O11S. The van der Waals surface area contributed by atoms with Gasteiger partial charge < -0.3 is 23.7 Å². The van der Waals surface area contributed by atoms with E-state index in [4.69, 9.17) is 23.7 Å². The van der Waals surface area contributed by atoms with E-state index >= 15 is 0 Å². The largest absolute Gasteiger partial charge is 0.463 e. The second-order valence-electron chi connectivity index (χ2n) is 10.4. The van der Waals surface area contributed by atoms with Gasteiger partial charge in [-0.3, -0.25) is 23.5 Å². The predicted molar refractivity (Wildman–Crippen MR) is 158 cm³/mol. The molecule has 0 bridgehead atoms. The Morgan fingerprint density at radius 1 is 0.826 bits per heavy atom. The van der Waals surface area contributed by atoms with Crippen molar-refractivity contribution in [1.82, 2.24) is 15.0 Å². The minimum Gasteiger partial charge on any atom is -0.463 e. The number of esters is 4. The van der Waals surface area contributed by atoms with Crippen LogP contribution >= 0.6 is 0 Å². The van der Waals surface area contributed by atoms with Crippen molar-refractivity contribution in [3.63, 3.8) is 0 Å². The van der Waals surface area contributed by atoms with Gasteiger partial charge in [0, 0.05) is 27.7 Å². The summed E-state index contributed by atoms with van der Waals surface area (Å²) in [6.45, 7) is 5.71. The highest BCUT2D eigenvalue weighted by Gasteiger charge is 2.53. The van der Waals surface area contributed by atoms with Crippen LogP contribution in [0.5, 0.6) is 0 Å². The van der Waals surface area contributed by atoms with Gasteiger partial charge in [-0.1, -0.05) is 41.1 Å². The van der Waals surface area contributed by atoms with Crippen LogP contribution < -0.4 is 4.31 Å².